The Morgan fingerprint density at radius 1 is 1.35 bits per heavy atom. The molecular weight excluding hydrogens is 214 g/mol. The molecule has 4 heteroatoms. The summed E-state index contributed by atoms with van der Waals surface area (Å²) in [6, 6.07) is 1.90. The molecule has 0 aliphatic carbocycles. The lowest BCUT2D eigenvalue weighted by Crippen LogP contribution is -2.57. The minimum atomic E-state index is -0.190. The summed E-state index contributed by atoms with van der Waals surface area (Å²) in [5.74, 6) is -0.190. The van der Waals surface area contributed by atoms with E-state index in [2.05, 4.69) is 24.1 Å². The van der Waals surface area contributed by atoms with Gasteiger partial charge in [0, 0.05) is 30.1 Å². The van der Waals surface area contributed by atoms with E-state index >= 15 is 0 Å². The van der Waals surface area contributed by atoms with Gasteiger partial charge in [-0.3, -0.25) is 9.69 Å². The van der Waals surface area contributed by atoms with Crippen molar-refractivity contribution in [2.75, 3.05) is 7.05 Å². The Morgan fingerprint density at radius 2 is 1.88 bits per heavy atom. The number of fused-ring (bicyclic) bond motifs is 2. The fraction of sp³-hybridized carbons (Fsp3) is 0.923. The number of carbonyl (C=O) groups is 1. The monoisotopic (exact) mass is 239 g/mol. The SMILES string of the molecule is CNC1CC2CCC(C1)N2C(C)(C)CC(N)=O. The molecule has 2 unspecified atom stereocenters. The molecular formula is C13H25N3O. The number of nitrogens with one attached hydrogen (secondary N) is 1. The number of piperidine rings is 1. The van der Waals surface area contributed by atoms with Crippen molar-refractivity contribution in [3.05, 3.63) is 0 Å². The Morgan fingerprint density at radius 3 is 2.29 bits per heavy atom. The van der Waals surface area contributed by atoms with Crippen molar-refractivity contribution >= 4 is 5.91 Å². The lowest BCUT2D eigenvalue weighted by molar-refractivity contribution is -0.121. The van der Waals surface area contributed by atoms with Gasteiger partial charge in [-0.15, -0.1) is 0 Å². The average molecular weight is 239 g/mol. The molecule has 2 aliphatic rings. The van der Waals surface area contributed by atoms with Crippen molar-refractivity contribution in [3.8, 4) is 0 Å². The minimum Gasteiger partial charge on any atom is -0.370 e. The zero-order valence-corrected chi connectivity index (χ0v) is 11.2. The topological polar surface area (TPSA) is 58.4 Å². The van der Waals surface area contributed by atoms with E-state index in [0.717, 1.165) is 0 Å². The van der Waals surface area contributed by atoms with Crippen LogP contribution in [0.25, 0.3) is 0 Å². The number of nitrogens with two attached hydrogens (primary N) is 1. The highest BCUT2D eigenvalue weighted by molar-refractivity contribution is 5.75. The largest absolute Gasteiger partial charge is 0.370 e. The van der Waals surface area contributed by atoms with Gasteiger partial charge in [0.25, 0.3) is 0 Å². The first-order valence-electron chi connectivity index (χ1n) is 6.68. The predicted octanol–water partition coefficient (Wildman–Crippen LogP) is 0.855. The first-order valence-corrected chi connectivity index (χ1v) is 6.68. The van der Waals surface area contributed by atoms with Crippen LogP contribution in [0.15, 0.2) is 0 Å². The fourth-order valence-electron chi connectivity index (χ4n) is 3.92. The van der Waals surface area contributed by atoms with Crippen molar-refractivity contribution in [2.45, 2.75) is 69.6 Å². The molecule has 2 bridgehead atoms. The van der Waals surface area contributed by atoms with E-state index in [4.69, 9.17) is 5.73 Å². The lowest BCUT2D eigenvalue weighted by Gasteiger charge is -2.48. The summed E-state index contributed by atoms with van der Waals surface area (Å²) in [6.45, 7) is 4.31. The Balaban J connectivity index is 2.10. The Bertz CT molecular complexity index is 289. The average Bonchev–Trinajstić information content (AvgIpc) is 2.49. The van der Waals surface area contributed by atoms with Crippen LogP contribution >= 0.6 is 0 Å². The maximum absolute atomic E-state index is 11.2. The molecule has 98 valence electrons. The molecule has 2 aliphatic heterocycles. The second-order valence-electron chi connectivity index (χ2n) is 6.20. The number of nitrogens with zero attached hydrogens (tertiary/aromatic N) is 1. The number of hydrogen-bond donors (Lipinski definition) is 2. The molecule has 3 N–H and O–H groups in total. The van der Waals surface area contributed by atoms with E-state index in [1.807, 2.05) is 7.05 Å². The van der Waals surface area contributed by atoms with Crippen molar-refractivity contribution < 1.29 is 4.79 Å². The first kappa shape index (κ1) is 12.8. The quantitative estimate of drug-likeness (QED) is 0.765. The molecule has 2 saturated heterocycles. The van der Waals surface area contributed by atoms with Crippen LogP contribution in [-0.4, -0.2) is 41.5 Å². The van der Waals surface area contributed by atoms with Gasteiger partial charge in [0.1, 0.15) is 0 Å². The number of hydrogen-bond acceptors (Lipinski definition) is 3. The minimum absolute atomic E-state index is 0.0869. The summed E-state index contributed by atoms with van der Waals surface area (Å²) in [5, 5.41) is 3.40. The summed E-state index contributed by atoms with van der Waals surface area (Å²) in [6.07, 6.45) is 5.41. The maximum Gasteiger partial charge on any atom is 0.219 e. The van der Waals surface area contributed by atoms with Gasteiger partial charge in [0.2, 0.25) is 5.91 Å². The van der Waals surface area contributed by atoms with E-state index in [1.54, 1.807) is 0 Å². The standard InChI is InChI=1S/C13H25N3O/c1-13(2,8-12(14)17)16-10-4-5-11(16)7-9(6-10)15-3/h9-11,15H,4-8H2,1-3H3,(H2,14,17). The smallest absolute Gasteiger partial charge is 0.219 e. The molecule has 2 rings (SSSR count). The van der Waals surface area contributed by atoms with Gasteiger partial charge >= 0.3 is 0 Å². The lowest BCUT2D eigenvalue weighted by atomic mass is 9.88. The van der Waals surface area contributed by atoms with Crippen molar-refractivity contribution in [1.29, 1.82) is 0 Å². The van der Waals surface area contributed by atoms with Gasteiger partial charge in [0.15, 0.2) is 0 Å². The van der Waals surface area contributed by atoms with E-state index in [9.17, 15) is 4.79 Å². The molecule has 0 aromatic carbocycles. The molecule has 1 amide bonds. The van der Waals surface area contributed by atoms with Gasteiger partial charge in [-0.05, 0) is 46.6 Å². The van der Waals surface area contributed by atoms with E-state index in [0.29, 0.717) is 24.5 Å². The first-order chi connectivity index (χ1) is 7.94. The van der Waals surface area contributed by atoms with Crippen LogP contribution in [-0.2, 0) is 4.79 Å². The van der Waals surface area contributed by atoms with Crippen LogP contribution in [0.4, 0.5) is 0 Å². The van der Waals surface area contributed by atoms with Crippen LogP contribution in [0, 0.1) is 0 Å². The molecule has 0 aromatic heterocycles. The zero-order valence-electron chi connectivity index (χ0n) is 11.2. The number of carbonyl (C=O) groups excluding carboxylic acids is 1. The van der Waals surface area contributed by atoms with Gasteiger partial charge in [-0.25, -0.2) is 0 Å². The predicted molar refractivity (Wildman–Crippen MR) is 68.6 cm³/mol. The number of primary amides is 1. The van der Waals surface area contributed by atoms with Crippen LogP contribution in [0.5, 0.6) is 0 Å². The number of rotatable bonds is 4. The molecule has 0 saturated carbocycles. The maximum atomic E-state index is 11.2. The molecule has 4 nitrogen and oxygen atoms in total. The summed E-state index contributed by atoms with van der Waals surface area (Å²) in [7, 11) is 2.05. The second-order valence-corrected chi connectivity index (χ2v) is 6.20. The Hall–Kier alpha value is -0.610. The zero-order chi connectivity index (χ0) is 12.6. The van der Waals surface area contributed by atoms with E-state index in [-0.39, 0.29) is 11.4 Å². The molecule has 2 heterocycles. The van der Waals surface area contributed by atoms with Crippen LogP contribution in [0.2, 0.25) is 0 Å². The molecule has 0 spiro atoms. The normalized spacial score (nSPS) is 33.9. The third-order valence-electron chi connectivity index (χ3n) is 4.45. The highest BCUT2D eigenvalue weighted by Crippen LogP contribution is 2.41. The highest BCUT2D eigenvalue weighted by Gasteiger charge is 2.46. The Labute approximate surface area is 104 Å². The number of amides is 1. The molecule has 2 fully saturated rings. The third-order valence-corrected chi connectivity index (χ3v) is 4.45. The fourth-order valence-corrected chi connectivity index (χ4v) is 3.92. The molecule has 2 atom stereocenters. The summed E-state index contributed by atoms with van der Waals surface area (Å²) in [4.78, 5) is 13.8. The van der Waals surface area contributed by atoms with Gasteiger partial charge in [-0.1, -0.05) is 0 Å². The van der Waals surface area contributed by atoms with E-state index < -0.39 is 0 Å². The third kappa shape index (κ3) is 2.47. The van der Waals surface area contributed by atoms with Gasteiger partial charge < -0.3 is 11.1 Å². The molecule has 0 radical (unpaired) electrons. The summed E-state index contributed by atoms with van der Waals surface area (Å²) < 4.78 is 0. The van der Waals surface area contributed by atoms with E-state index in [1.165, 1.54) is 25.7 Å². The molecule has 17 heavy (non-hydrogen) atoms. The van der Waals surface area contributed by atoms with Crippen LogP contribution in [0.1, 0.15) is 46.0 Å². The van der Waals surface area contributed by atoms with Crippen LogP contribution in [0.3, 0.4) is 0 Å². The second kappa shape index (κ2) is 4.58. The Kier molecular flexibility index (Phi) is 3.46. The van der Waals surface area contributed by atoms with Crippen molar-refractivity contribution in [3.63, 3.8) is 0 Å². The van der Waals surface area contributed by atoms with Gasteiger partial charge in [0.05, 0.1) is 0 Å². The molecule has 0 aromatic rings. The van der Waals surface area contributed by atoms with Crippen LogP contribution < -0.4 is 11.1 Å². The summed E-state index contributed by atoms with van der Waals surface area (Å²) >= 11 is 0. The van der Waals surface area contributed by atoms with Crippen molar-refractivity contribution in [1.82, 2.24) is 10.2 Å². The van der Waals surface area contributed by atoms with Gasteiger partial charge in [-0.2, -0.15) is 0 Å². The summed E-state index contributed by atoms with van der Waals surface area (Å²) in [5.41, 5.74) is 5.29. The highest BCUT2D eigenvalue weighted by atomic mass is 16.1. The van der Waals surface area contributed by atoms with Crippen molar-refractivity contribution in [2.24, 2.45) is 5.73 Å².